The Hall–Kier alpha value is -0.770. The van der Waals surface area contributed by atoms with Crippen molar-refractivity contribution in [3.63, 3.8) is 0 Å². The highest BCUT2D eigenvalue weighted by Gasteiger charge is 2.12. The van der Waals surface area contributed by atoms with E-state index < -0.39 is 0 Å². The summed E-state index contributed by atoms with van der Waals surface area (Å²) in [7, 11) is 1.73. The van der Waals surface area contributed by atoms with Gasteiger partial charge in [0.2, 0.25) is 5.96 Å². The molecule has 13 heavy (non-hydrogen) atoms. The fraction of sp³-hybridized carbons (Fsp3) is 0.889. The molecule has 0 spiro atoms. The number of nitrogens with two attached hydrogens (primary N) is 1. The highest BCUT2D eigenvalue weighted by Crippen LogP contribution is 2.22. The third-order valence-electron chi connectivity index (χ3n) is 2.64. The third kappa shape index (κ3) is 3.63. The summed E-state index contributed by atoms with van der Waals surface area (Å²) >= 11 is 0. The van der Waals surface area contributed by atoms with Gasteiger partial charge in [0.25, 0.3) is 0 Å². The normalized spacial score (nSPS) is 20.0. The summed E-state index contributed by atoms with van der Waals surface area (Å²) in [5.41, 5.74) is 2.53. The number of rotatable bonds is 2. The van der Waals surface area contributed by atoms with Crippen LogP contribution in [0, 0.1) is 5.92 Å². The average Bonchev–Trinajstić information content (AvgIpc) is 2.21. The summed E-state index contributed by atoms with van der Waals surface area (Å²) in [6.45, 7) is 0.997. The van der Waals surface area contributed by atoms with Crippen molar-refractivity contribution in [2.75, 3.05) is 13.6 Å². The Kier molecular flexibility index (Phi) is 4.60. The Balaban J connectivity index is 2.16. The smallest absolute Gasteiger partial charge is 0.205 e. The van der Waals surface area contributed by atoms with E-state index >= 15 is 0 Å². The topological polar surface area (TPSA) is 62.4 Å². The summed E-state index contributed by atoms with van der Waals surface area (Å²) in [6.07, 6.45) is 6.84. The SMILES string of the molecule is CN=C(NN)NCC1CCCCC1. The number of guanidine groups is 1. The van der Waals surface area contributed by atoms with E-state index in [-0.39, 0.29) is 0 Å². The monoisotopic (exact) mass is 184 g/mol. The summed E-state index contributed by atoms with van der Waals surface area (Å²) in [5.74, 6) is 6.75. The van der Waals surface area contributed by atoms with E-state index in [2.05, 4.69) is 15.7 Å². The van der Waals surface area contributed by atoms with Gasteiger partial charge in [-0.25, -0.2) is 5.84 Å². The molecule has 0 amide bonds. The van der Waals surface area contributed by atoms with E-state index in [0.717, 1.165) is 12.5 Å². The lowest BCUT2D eigenvalue weighted by molar-refractivity contribution is 0.356. The molecule has 0 heterocycles. The lowest BCUT2D eigenvalue weighted by atomic mass is 9.89. The molecular weight excluding hydrogens is 164 g/mol. The van der Waals surface area contributed by atoms with Gasteiger partial charge < -0.3 is 5.32 Å². The molecule has 1 rings (SSSR count). The molecule has 0 saturated heterocycles. The first-order chi connectivity index (χ1) is 6.36. The number of hydrogen-bond donors (Lipinski definition) is 3. The van der Waals surface area contributed by atoms with Gasteiger partial charge in [-0.2, -0.15) is 0 Å². The van der Waals surface area contributed by atoms with Crippen molar-refractivity contribution in [2.24, 2.45) is 16.8 Å². The standard InChI is InChI=1S/C9H20N4/c1-11-9(13-10)12-7-8-5-3-2-4-6-8/h8H,2-7,10H2,1H3,(H2,11,12,13). The first-order valence-electron chi connectivity index (χ1n) is 5.04. The fourth-order valence-corrected chi connectivity index (χ4v) is 1.83. The lowest BCUT2D eigenvalue weighted by Gasteiger charge is -2.22. The zero-order valence-electron chi connectivity index (χ0n) is 8.34. The zero-order valence-corrected chi connectivity index (χ0v) is 8.34. The van der Waals surface area contributed by atoms with Crippen LogP contribution in [0.3, 0.4) is 0 Å². The van der Waals surface area contributed by atoms with Gasteiger partial charge in [-0.1, -0.05) is 19.3 Å². The Morgan fingerprint density at radius 1 is 1.38 bits per heavy atom. The largest absolute Gasteiger partial charge is 0.355 e. The van der Waals surface area contributed by atoms with Crippen LogP contribution in [0.4, 0.5) is 0 Å². The van der Waals surface area contributed by atoms with Crippen molar-refractivity contribution in [1.29, 1.82) is 0 Å². The van der Waals surface area contributed by atoms with Gasteiger partial charge >= 0.3 is 0 Å². The third-order valence-corrected chi connectivity index (χ3v) is 2.64. The van der Waals surface area contributed by atoms with Gasteiger partial charge in [-0.15, -0.1) is 0 Å². The second-order valence-corrected chi connectivity index (χ2v) is 3.60. The van der Waals surface area contributed by atoms with Crippen LogP contribution in [-0.4, -0.2) is 19.6 Å². The minimum Gasteiger partial charge on any atom is -0.355 e. The molecular formula is C9H20N4. The van der Waals surface area contributed by atoms with Gasteiger partial charge in [0.15, 0.2) is 0 Å². The fourth-order valence-electron chi connectivity index (χ4n) is 1.83. The van der Waals surface area contributed by atoms with Crippen LogP contribution < -0.4 is 16.6 Å². The molecule has 4 nitrogen and oxygen atoms in total. The van der Waals surface area contributed by atoms with Crippen LogP contribution in [0.15, 0.2) is 4.99 Å². The van der Waals surface area contributed by atoms with E-state index in [9.17, 15) is 0 Å². The van der Waals surface area contributed by atoms with E-state index in [1.54, 1.807) is 7.05 Å². The van der Waals surface area contributed by atoms with Crippen LogP contribution >= 0.6 is 0 Å². The summed E-state index contributed by atoms with van der Waals surface area (Å²) < 4.78 is 0. The van der Waals surface area contributed by atoms with Crippen LogP contribution in [0.5, 0.6) is 0 Å². The minimum atomic E-state index is 0.686. The van der Waals surface area contributed by atoms with Crippen LogP contribution in [0.25, 0.3) is 0 Å². The van der Waals surface area contributed by atoms with Crippen molar-refractivity contribution >= 4 is 5.96 Å². The van der Waals surface area contributed by atoms with Crippen LogP contribution in [-0.2, 0) is 0 Å². The number of hydrazine groups is 1. The molecule has 1 aliphatic rings. The highest BCUT2D eigenvalue weighted by molar-refractivity contribution is 5.78. The maximum Gasteiger partial charge on any atom is 0.205 e. The van der Waals surface area contributed by atoms with Crippen LogP contribution in [0.1, 0.15) is 32.1 Å². The molecule has 0 aromatic carbocycles. The molecule has 0 radical (unpaired) electrons. The first-order valence-corrected chi connectivity index (χ1v) is 5.04. The number of aliphatic imine (C=N–C) groups is 1. The first kappa shape index (κ1) is 10.3. The van der Waals surface area contributed by atoms with Crippen molar-refractivity contribution in [3.8, 4) is 0 Å². The molecule has 0 aromatic rings. The lowest BCUT2D eigenvalue weighted by Crippen LogP contribution is -2.43. The molecule has 0 bridgehead atoms. The second kappa shape index (κ2) is 5.80. The summed E-state index contributed by atoms with van der Waals surface area (Å²) in [5, 5.41) is 3.20. The predicted molar refractivity (Wildman–Crippen MR) is 55.3 cm³/mol. The Labute approximate surface area is 80.0 Å². The van der Waals surface area contributed by atoms with E-state index in [0.29, 0.717) is 5.96 Å². The van der Waals surface area contributed by atoms with Gasteiger partial charge in [0, 0.05) is 13.6 Å². The van der Waals surface area contributed by atoms with Gasteiger partial charge in [-0.05, 0) is 18.8 Å². The second-order valence-electron chi connectivity index (χ2n) is 3.60. The number of nitrogens with one attached hydrogen (secondary N) is 2. The van der Waals surface area contributed by atoms with E-state index in [1.165, 1.54) is 32.1 Å². The van der Waals surface area contributed by atoms with E-state index in [4.69, 9.17) is 5.84 Å². The molecule has 0 aromatic heterocycles. The van der Waals surface area contributed by atoms with Gasteiger partial charge in [-0.3, -0.25) is 10.4 Å². The molecule has 0 unspecified atom stereocenters. The van der Waals surface area contributed by atoms with Crippen molar-refractivity contribution < 1.29 is 0 Å². The zero-order chi connectivity index (χ0) is 9.52. The predicted octanol–water partition coefficient (Wildman–Crippen LogP) is 0.605. The molecule has 1 fully saturated rings. The molecule has 0 aliphatic heterocycles. The minimum absolute atomic E-state index is 0.686. The molecule has 76 valence electrons. The molecule has 4 N–H and O–H groups in total. The average molecular weight is 184 g/mol. The van der Waals surface area contributed by atoms with Gasteiger partial charge in [0.1, 0.15) is 0 Å². The Morgan fingerprint density at radius 3 is 2.62 bits per heavy atom. The molecule has 1 saturated carbocycles. The number of hydrogen-bond acceptors (Lipinski definition) is 2. The maximum atomic E-state index is 5.26. The molecule has 0 atom stereocenters. The Bertz CT molecular complexity index is 161. The maximum absolute atomic E-state index is 5.26. The Morgan fingerprint density at radius 2 is 2.08 bits per heavy atom. The van der Waals surface area contributed by atoms with Crippen LogP contribution in [0.2, 0.25) is 0 Å². The van der Waals surface area contributed by atoms with Gasteiger partial charge in [0.05, 0.1) is 0 Å². The number of nitrogens with zero attached hydrogens (tertiary/aromatic N) is 1. The summed E-state index contributed by atoms with van der Waals surface area (Å²) in [6, 6.07) is 0. The van der Waals surface area contributed by atoms with Crippen molar-refractivity contribution in [2.45, 2.75) is 32.1 Å². The van der Waals surface area contributed by atoms with Crippen molar-refractivity contribution in [3.05, 3.63) is 0 Å². The quantitative estimate of drug-likeness (QED) is 0.255. The summed E-state index contributed by atoms with van der Waals surface area (Å²) in [4.78, 5) is 3.96. The highest BCUT2D eigenvalue weighted by atomic mass is 15.3. The molecule has 1 aliphatic carbocycles. The molecule has 4 heteroatoms. The van der Waals surface area contributed by atoms with E-state index in [1.807, 2.05) is 0 Å². The van der Waals surface area contributed by atoms with Crippen molar-refractivity contribution in [1.82, 2.24) is 10.7 Å².